The molecule has 0 saturated heterocycles. The van der Waals surface area contributed by atoms with Gasteiger partial charge in [-0.15, -0.1) is 0 Å². The molecule has 2 aromatic rings. The third-order valence-corrected chi connectivity index (χ3v) is 3.92. The highest BCUT2D eigenvalue weighted by Gasteiger charge is 2.42. The van der Waals surface area contributed by atoms with Crippen molar-refractivity contribution in [1.29, 1.82) is 0 Å². The van der Waals surface area contributed by atoms with Crippen LogP contribution in [-0.4, -0.2) is 13.7 Å². The van der Waals surface area contributed by atoms with Crippen molar-refractivity contribution < 1.29 is 4.74 Å². The van der Waals surface area contributed by atoms with E-state index in [1.807, 2.05) is 12.1 Å². The van der Waals surface area contributed by atoms with Gasteiger partial charge in [-0.05, 0) is 35.9 Å². The van der Waals surface area contributed by atoms with Gasteiger partial charge in [0.25, 0.3) is 0 Å². The van der Waals surface area contributed by atoms with Crippen LogP contribution in [0.5, 0.6) is 5.75 Å². The van der Waals surface area contributed by atoms with Crippen molar-refractivity contribution >= 4 is 10.8 Å². The molecule has 1 fully saturated rings. The lowest BCUT2D eigenvalue weighted by atomic mass is 9.93. The van der Waals surface area contributed by atoms with Crippen molar-refractivity contribution in [3.8, 4) is 5.75 Å². The van der Waals surface area contributed by atoms with Crippen LogP contribution in [0.15, 0.2) is 36.4 Å². The van der Waals surface area contributed by atoms with Crippen LogP contribution in [0.25, 0.3) is 10.8 Å². The highest BCUT2D eigenvalue weighted by atomic mass is 16.5. The third kappa shape index (κ3) is 1.60. The zero-order valence-electron chi connectivity index (χ0n) is 10.1. The van der Waals surface area contributed by atoms with Crippen LogP contribution in [0.4, 0.5) is 0 Å². The summed E-state index contributed by atoms with van der Waals surface area (Å²) in [6.07, 6.45) is 2.42. The molecule has 0 heterocycles. The fourth-order valence-corrected chi connectivity index (χ4v) is 2.51. The quantitative estimate of drug-likeness (QED) is 0.875. The van der Waals surface area contributed by atoms with Crippen LogP contribution in [0, 0.1) is 0 Å². The Morgan fingerprint density at radius 3 is 2.71 bits per heavy atom. The third-order valence-electron chi connectivity index (χ3n) is 3.92. The van der Waals surface area contributed by atoms with Gasteiger partial charge in [-0.2, -0.15) is 0 Å². The standard InChI is InChI=1S/C15H17NO/c1-17-14-4-2-3-11-5-6-12(9-13(11)14)15(10-16)7-8-15/h2-6,9H,7-8,10,16H2,1H3. The van der Waals surface area contributed by atoms with Crippen LogP contribution in [-0.2, 0) is 5.41 Å². The number of rotatable bonds is 3. The van der Waals surface area contributed by atoms with Crippen LogP contribution >= 0.6 is 0 Å². The molecule has 0 amide bonds. The average Bonchev–Trinajstić information content (AvgIpc) is 3.18. The number of fused-ring (bicyclic) bond motifs is 1. The lowest BCUT2D eigenvalue weighted by Gasteiger charge is -2.14. The number of nitrogens with two attached hydrogens (primary N) is 1. The Balaban J connectivity index is 2.18. The lowest BCUT2D eigenvalue weighted by Crippen LogP contribution is -2.19. The number of methoxy groups -OCH3 is 1. The van der Waals surface area contributed by atoms with Gasteiger partial charge in [0.1, 0.15) is 5.75 Å². The van der Waals surface area contributed by atoms with Crippen molar-refractivity contribution in [3.63, 3.8) is 0 Å². The minimum atomic E-state index is 0.245. The van der Waals surface area contributed by atoms with E-state index in [0.29, 0.717) is 0 Å². The SMILES string of the molecule is COc1cccc2ccc(C3(CN)CC3)cc12. The molecular formula is C15H17NO. The van der Waals surface area contributed by atoms with E-state index < -0.39 is 0 Å². The van der Waals surface area contributed by atoms with E-state index in [-0.39, 0.29) is 5.41 Å². The molecule has 0 aliphatic heterocycles. The molecule has 2 aromatic carbocycles. The molecule has 0 atom stereocenters. The monoisotopic (exact) mass is 227 g/mol. The highest BCUT2D eigenvalue weighted by molar-refractivity contribution is 5.89. The summed E-state index contributed by atoms with van der Waals surface area (Å²) in [5, 5.41) is 2.41. The maximum absolute atomic E-state index is 5.88. The summed E-state index contributed by atoms with van der Waals surface area (Å²) in [7, 11) is 1.72. The van der Waals surface area contributed by atoms with Crippen LogP contribution in [0.1, 0.15) is 18.4 Å². The average molecular weight is 227 g/mol. The fourth-order valence-electron chi connectivity index (χ4n) is 2.51. The summed E-state index contributed by atoms with van der Waals surface area (Å²) >= 11 is 0. The summed E-state index contributed by atoms with van der Waals surface area (Å²) < 4.78 is 5.42. The van der Waals surface area contributed by atoms with E-state index in [9.17, 15) is 0 Å². The zero-order valence-corrected chi connectivity index (χ0v) is 10.1. The van der Waals surface area contributed by atoms with E-state index in [1.54, 1.807) is 7.11 Å². The predicted octanol–water partition coefficient (Wildman–Crippen LogP) is 2.84. The highest BCUT2D eigenvalue weighted by Crippen LogP contribution is 2.48. The summed E-state index contributed by atoms with van der Waals surface area (Å²) in [6, 6.07) is 12.8. The molecule has 17 heavy (non-hydrogen) atoms. The summed E-state index contributed by atoms with van der Waals surface area (Å²) in [4.78, 5) is 0. The van der Waals surface area contributed by atoms with Crippen molar-refractivity contribution in [2.75, 3.05) is 13.7 Å². The Hall–Kier alpha value is -1.54. The molecule has 0 spiro atoms. The second-order valence-corrected chi connectivity index (χ2v) is 4.88. The van der Waals surface area contributed by atoms with Crippen LogP contribution in [0.3, 0.4) is 0 Å². The number of ether oxygens (including phenoxy) is 1. The number of benzene rings is 2. The molecule has 88 valence electrons. The molecular weight excluding hydrogens is 210 g/mol. The van der Waals surface area contributed by atoms with Crippen molar-refractivity contribution in [1.82, 2.24) is 0 Å². The van der Waals surface area contributed by atoms with Gasteiger partial charge in [-0.3, -0.25) is 0 Å². The maximum atomic E-state index is 5.88. The predicted molar refractivity (Wildman–Crippen MR) is 70.5 cm³/mol. The number of hydrogen-bond donors (Lipinski definition) is 1. The molecule has 1 saturated carbocycles. The first-order valence-electron chi connectivity index (χ1n) is 6.06. The Morgan fingerprint density at radius 2 is 2.06 bits per heavy atom. The van der Waals surface area contributed by atoms with Crippen molar-refractivity contribution in [2.45, 2.75) is 18.3 Å². The minimum Gasteiger partial charge on any atom is -0.496 e. The molecule has 3 rings (SSSR count). The first-order chi connectivity index (χ1) is 8.29. The van der Waals surface area contributed by atoms with E-state index in [2.05, 4.69) is 24.3 Å². The minimum absolute atomic E-state index is 0.245. The molecule has 1 aliphatic rings. The first kappa shape index (κ1) is 10.6. The lowest BCUT2D eigenvalue weighted by molar-refractivity contribution is 0.420. The van der Waals surface area contributed by atoms with Gasteiger partial charge < -0.3 is 10.5 Å². The summed E-state index contributed by atoms with van der Waals surface area (Å²) in [6.45, 7) is 0.744. The Kier molecular flexibility index (Phi) is 2.33. The largest absolute Gasteiger partial charge is 0.496 e. The summed E-state index contributed by atoms with van der Waals surface area (Å²) in [5.74, 6) is 0.942. The molecule has 0 radical (unpaired) electrons. The molecule has 2 heteroatoms. The molecule has 2 N–H and O–H groups in total. The fraction of sp³-hybridized carbons (Fsp3) is 0.333. The molecule has 2 nitrogen and oxygen atoms in total. The second-order valence-electron chi connectivity index (χ2n) is 4.88. The Bertz CT molecular complexity index is 558. The van der Waals surface area contributed by atoms with E-state index in [0.717, 1.165) is 12.3 Å². The first-order valence-corrected chi connectivity index (χ1v) is 6.06. The molecule has 0 bridgehead atoms. The van der Waals surface area contributed by atoms with Crippen molar-refractivity contribution in [3.05, 3.63) is 42.0 Å². The van der Waals surface area contributed by atoms with Gasteiger partial charge in [0.05, 0.1) is 7.11 Å². The van der Waals surface area contributed by atoms with Crippen LogP contribution < -0.4 is 10.5 Å². The van der Waals surface area contributed by atoms with Gasteiger partial charge in [0.15, 0.2) is 0 Å². The topological polar surface area (TPSA) is 35.2 Å². The second kappa shape index (κ2) is 3.74. The Labute approximate surface area is 101 Å². The van der Waals surface area contributed by atoms with E-state index >= 15 is 0 Å². The van der Waals surface area contributed by atoms with Gasteiger partial charge in [-0.25, -0.2) is 0 Å². The zero-order chi connectivity index (χ0) is 11.9. The van der Waals surface area contributed by atoms with Gasteiger partial charge >= 0.3 is 0 Å². The smallest absolute Gasteiger partial charge is 0.126 e. The van der Waals surface area contributed by atoms with Gasteiger partial charge in [0, 0.05) is 17.3 Å². The summed E-state index contributed by atoms with van der Waals surface area (Å²) in [5.41, 5.74) is 7.49. The Morgan fingerprint density at radius 1 is 1.24 bits per heavy atom. The van der Waals surface area contributed by atoms with Crippen molar-refractivity contribution in [2.24, 2.45) is 5.73 Å². The number of hydrogen-bond acceptors (Lipinski definition) is 2. The van der Waals surface area contributed by atoms with Crippen LogP contribution in [0.2, 0.25) is 0 Å². The molecule has 0 unspecified atom stereocenters. The van der Waals surface area contributed by atoms with E-state index in [1.165, 1.54) is 29.2 Å². The van der Waals surface area contributed by atoms with Gasteiger partial charge in [-0.1, -0.05) is 24.3 Å². The van der Waals surface area contributed by atoms with Gasteiger partial charge in [0.2, 0.25) is 0 Å². The molecule has 0 aromatic heterocycles. The maximum Gasteiger partial charge on any atom is 0.126 e. The molecule has 1 aliphatic carbocycles. The van der Waals surface area contributed by atoms with E-state index in [4.69, 9.17) is 10.5 Å². The normalized spacial score (nSPS) is 17.1.